The molecule has 0 bridgehead atoms. The molecule has 186 valence electrons. The van der Waals surface area contributed by atoms with Crippen LogP contribution in [0.4, 0.5) is 23.1 Å². The molecule has 1 fully saturated rings. The predicted molar refractivity (Wildman–Crippen MR) is 150 cm³/mol. The second kappa shape index (κ2) is 10.7. The summed E-state index contributed by atoms with van der Waals surface area (Å²) in [5.41, 5.74) is 6.13. The zero-order chi connectivity index (χ0) is 24.9. The van der Waals surface area contributed by atoms with Gasteiger partial charge in [0.1, 0.15) is 5.52 Å². The summed E-state index contributed by atoms with van der Waals surface area (Å²) in [6.45, 7) is 3.69. The quantitative estimate of drug-likeness (QED) is 0.267. The molecule has 0 amide bonds. The Bertz CT molecular complexity index is 1380. The maximum atomic E-state index is 5.00. The van der Waals surface area contributed by atoms with Crippen molar-refractivity contribution in [1.29, 1.82) is 0 Å². The van der Waals surface area contributed by atoms with E-state index in [9.17, 15) is 0 Å². The summed E-state index contributed by atoms with van der Waals surface area (Å²) >= 11 is 0. The second-order valence-corrected chi connectivity index (χ2v) is 9.52. The number of aromatic amines is 1. The number of piperidine rings is 1. The molecule has 2 N–H and O–H groups in total. The average molecular weight is 490 g/mol. The maximum absolute atomic E-state index is 5.00. The summed E-state index contributed by atoms with van der Waals surface area (Å²) in [5, 5.41) is 3.42. The number of nitrogens with zero attached hydrogens (tertiary/aromatic N) is 5. The van der Waals surface area contributed by atoms with Crippen LogP contribution in [-0.2, 0) is 13.1 Å². The van der Waals surface area contributed by atoms with Gasteiger partial charge in [0.25, 0.3) is 0 Å². The van der Waals surface area contributed by atoms with E-state index in [1.807, 2.05) is 12.1 Å². The molecule has 5 aromatic rings. The Hall–Kier alpha value is -4.39. The molecular weight excluding hydrogens is 458 g/mol. The minimum Gasteiger partial charge on any atom is -0.372 e. The van der Waals surface area contributed by atoms with Crippen molar-refractivity contribution < 1.29 is 0 Å². The Balaban J connectivity index is 1.31. The molecule has 1 saturated heterocycles. The number of anilines is 4. The van der Waals surface area contributed by atoms with Gasteiger partial charge in [-0.15, -0.1) is 0 Å². The lowest BCUT2D eigenvalue weighted by atomic mass is 10.1. The molecule has 0 aliphatic carbocycles. The molecule has 0 radical (unpaired) electrons. The molecule has 7 nitrogen and oxygen atoms in total. The van der Waals surface area contributed by atoms with Crippen molar-refractivity contribution >= 4 is 34.3 Å². The first-order chi connectivity index (χ1) is 18.3. The first-order valence-electron chi connectivity index (χ1n) is 13.0. The molecule has 2 aromatic heterocycles. The maximum Gasteiger partial charge on any atom is 0.231 e. The Morgan fingerprint density at radius 1 is 0.757 bits per heavy atom. The third kappa shape index (κ3) is 5.40. The summed E-state index contributed by atoms with van der Waals surface area (Å²) < 4.78 is 0. The van der Waals surface area contributed by atoms with E-state index in [0.717, 1.165) is 30.1 Å². The Morgan fingerprint density at radius 3 is 2.05 bits per heavy atom. The number of aromatic nitrogens is 4. The molecule has 0 spiro atoms. The second-order valence-electron chi connectivity index (χ2n) is 9.52. The normalized spacial score (nSPS) is 13.6. The van der Waals surface area contributed by atoms with Crippen molar-refractivity contribution in [2.24, 2.45) is 0 Å². The lowest BCUT2D eigenvalue weighted by molar-refractivity contribution is 0.578. The van der Waals surface area contributed by atoms with E-state index in [2.05, 4.69) is 97.9 Å². The van der Waals surface area contributed by atoms with Gasteiger partial charge in [0, 0.05) is 37.6 Å². The van der Waals surface area contributed by atoms with Crippen LogP contribution in [0.2, 0.25) is 0 Å². The van der Waals surface area contributed by atoms with E-state index in [-0.39, 0.29) is 0 Å². The van der Waals surface area contributed by atoms with Gasteiger partial charge in [-0.1, -0.05) is 60.7 Å². The lowest BCUT2D eigenvalue weighted by Gasteiger charge is -2.28. The van der Waals surface area contributed by atoms with E-state index in [0.29, 0.717) is 24.7 Å². The van der Waals surface area contributed by atoms with Crippen LogP contribution >= 0.6 is 0 Å². The van der Waals surface area contributed by atoms with Crippen LogP contribution in [0.1, 0.15) is 30.4 Å². The number of hydrogen-bond acceptors (Lipinski definition) is 6. The minimum atomic E-state index is 0.534. The number of nitrogens with one attached hydrogen (secondary N) is 2. The molecule has 0 unspecified atom stereocenters. The van der Waals surface area contributed by atoms with Crippen LogP contribution in [0.25, 0.3) is 11.2 Å². The van der Waals surface area contributed by atoms with Crippen molar-refractivity contribution in [2.75, 3.05) is 28.2 Å². The first kappa shape index (κ1) is 23.0. The molecule has 0 saturated carbocycles. The van der Waals surface area contributed by atoms with E-state index in [1.165, 1.54) is 36.1 Å². The third-order valence-electron chi connectivity index (χ3n) is 6.84. The lowest BCUT2D eigenvalue weighted by Crippen LogP contribution is -2.29. The Labute approximate surface area is 217 Å². The van der Waals surface area contributed by atoms with Gasteiger partial charge in [0.2, 0.25) is 5.95 Å². The highest BCUT2D eigenvalue weighted by molar-refractivity contribution is 5.84. The molecule has 3 heterocycles. The first-order valence-corrected chi connectivity index (χ1v) is 13.0. The Kier molecular flexibility index (Phi) is 6.66. The molecule has 6 rings (SSSR count). The number of benzene rings is 3. The van der Waals surface area contributed by atoms with Crippen LogP contribution < -0.4 is 15.1 Å². The van der Waals surface area contributed by atoms with E-state index in [4.69, 9.17) is 9.97 Å². The van der Waals surface area contributed by atoms with Gasteiger partial charge in [-0.3, -0.25) is 0 Å². The zero-order valence-corrected chi connectivity index (χ0v) is 20.8. The zero-order valence-electron chi connectivity index (χ0n) is 20.8. The van der Waals surface area contributed by atoms with Crippen molar-refractivity contribution in [2.45, 2.75) is 32.4 Å². The fraction of sp³-hybridized carbons (Fsp3) is 0.233. The Morgan fingerprint density at radius 2 is 1.41 bits per heavy atom. The summed E-state index contributed by atoms with van der Waals surface area (Å²) in [4.78, 5) is 22.2. The summed E-state index contributed by atoms with van der Waals surface area (Å²) in [5.74, 6) is 1.36. The molecule has 1 aliphatic heterocycles. The van der Waals surface area contributed by atoms with E-state index < -0.39 is 0 Å². The monoisotopic (exact) mass is 489 g/mol. The highest BCUT2D eigenvalue weighted by Gasteiger charge is 2.18. The number of hydrogen-bond donors (Lipinski definition) is 2. The highest BCUT2D eigenvalue weighted by Crippen LogP contribution is 2.28. The van der Waals surface area contributed by atoms with Crippen molar-refractivity contribution in [3.8, 4) is 0 Å². The van der Waals surface area contributed by atoms with E-state index in [1.54, 1.807) is 6.33 Å². The van der Waals surface area contributed by atoms with Gasteiger partial charge in [-0.25, -0.2) is 4.98 Å². The van der Waals surface area contributed by atoms with Crippen LogP contribution in [0.15, 0.2) is 91.3 Å². The molecular formula is C30H31N7. The summed E-state index contributed by atoms with van der Waals surface area (Å²) in [6.07, 6.45) is 5.55. The number of fused-ring (bicyclic) bond motifs is 1. The van der Waals surface area contributed by atoms with Gasteiger partial charge >= 0.3 is 0 Å². The van der Waals surface area contributed by atoms with Crippen molar-refractivity contribution in [3.05, 3.63) is 102 Å². The largest absolute Gasteiger partial charge is 0.372 e. The number of rotatable bonds is 8. The van der Waals surface area contributed by atoms with Crippen LogP contribution in [0, 0.1) is 0 Å². The molecule has 0 atom stereocenters. The SMILES string of the molecule is c1ccc(CN(Cc2ccccc2)c2nc(Nc3ccc(N4CCCCC4)cc3)nc3nc[nH]c23)cc1. The van der Waals surface area contributed by atoms with Gasteiger partial charge < -0.3 is 20.1 Å². The van der Waals surface area contributed by atoms with Gasteiger partial charge in [-0.05, 0) is 54.7 Å². The fourth-order valence-electron chi connectivity index (χ4n) is 4.95. The van der Waals surface area contributed by atoms with Crippen molar-refractivity contribution in [1.82, 2.24) is 19.9 Å². The summed E-state index contributed by atoms with van der Waals surface area (Å²) in [6, 6.07) is 29.5. The fourth-order valence-corrected chi connectivity index (χ4v) is 4.95. The number of imidazole rings is 1. The van der Waals surface area contributed by atoms with Crippen LogP contribution in [0.5, 0.6) is 0 Å². The predicted octanol–water partition coefficient (Wildman–Crippen LogP) is 6.29. The standard InChI is InChI=1S/C30H31N7/c1-4-10-23(11-5-1)20-37(21-24-12-6-2-7-13-24)29-27-28(32-22-31-27)34-30(35-29)33-25-14-16-26(17-15-25)36-18-8-3-9-19-36/h1-2,4-7,10-17,22H,3,8-9,18-21H2,(H2,31,32,33,34,35). The van der Waals surface area contributed by atoms with Gasteiger partial charge in [-0.2, -0.15) is 9.97 Å². The molecule has 37 heavy (non-hydrogen) atoms. The van der Waals surface area contributed by atoms with Crippen LogP contribution in [0.3, 0.4) is 0 Å². The smallest absolute Gasteiger partial charge is 0.231 e. The van der Waals surface area contributed by atoms with Crippen LogP contribution in [-0.4, -0.2) is 33.0 Å². The third-order valence-corrected chi connectivity index (χ3v) is 6.84. The minimum absolute atomic E-state index is 0.534. The van der Waals surface area contributed by atoms with Gasteiger partial charge in [0.15, 0.2) is 11.5 Å². The van der Waals surface area contributed by atoms with E-state index >= 15 is 0 Å². The van der Waals surface area contributed by atoms with Crippen molar-refractivity contribution in [3.63, 3.8) is 0 Å². The topological polar surface area (TPSA) is 73.0 Å². The molecule has 3 aromatic carbocycles. The molecule has 7 heteroatoms. The summed E-state index contributed by atoms with van der Waals surface area (Å²) in [7, 11) is 0. The average Bonchev–Trinajstić information content (AvgIpc) is 3.43. The highest BCUT2D eigenvalue weighted by atomic mass is 15.3. The van der Waals surface area contributed by atoms with Gasteiger partial charge in [0.05, 0.1) is 6.33 Å². The molecule has 1 aliphatic rings. The number of H-pyrrole nitrogens is 1.